The number of benzene rings is 1. The second kappa shape index (κ2) is 13.4. The standard InChI is InChI=1S/C23H25F5N4O5/c1-32(21(34)30-11-14-5-3-7-17(24)20(14)25)16(6-4-8-19(33)36-2)13-37-22(35)31-18-10-9-15(12-29-18)23(26,27)28/h3,5,7,9-10,12,16H,4,6,8,11,13H2,1-2H3,(H,30,34)(H,29,31,35)/t16-/m0/s1. The summed E-state index contributed by atoms with van der Waals surface area (Å²) in [7, 11) is 2.59. The molecule has 0 fully saturated rings. The van der Waals surface area contributed by atoms with Crippen molar-refractivity contribution in [2.24, 2.45) is 0 Å². The van der Waals surface area contributed by atoms with E-state index in [1.165, 1.54) is 26.3 Å². The van der Waals surface area contributed by atoms with Crippen LogP contribution in [0.1, 0.15) is 30.4 Å². The van der Waals surface area contributed by atoms with Gasteiger partial charge in [0.25, 0.3) is 0 Å². The Morgan fingerprint density at radius 2 is 1.86 bits per heavy atom. The average Bonchev–Trinajstić information content (AvgIpc) is 2.85. The zero-order valence-corrected chi connectivity index (χ0v) is 19.9. The number of aromatic nitrogens is 1. The van der Waals surface area contributed by atoms with E-state index in [9.17, 15) is 36.3 Å². The molecule has 202 valence electrons. The Morgan fingerprint density at radius 1 is 1.14 bits per heavy atom. The minimum atomic E-state index is -4.59. The topological polar surface area (TPSA) is 110 Å². The summed E-state index contributed by atoms with van der Waals surface area (Å²) >= 11 is 0. The lowest BCUT2D eigenvalue weighted by Gasteiger charge is -2.28. The Morgan fingerprint density at radius 3 is 2.49 bits per heavy atom. The Kier molecular flexibility index (Phi) is 10.6. The second-order valence-electron chi connectivity index (χ2n) is 7.76. The van der Waals surface area contributed by atoms with Gasteiger partial charge in [0.05, 0.1) is 18.7 Å². The number of nitrogens with zero attached hydrogens (tertiary/aromatic N) is 2. The van der Waals surface area contributed by atoms with Crippen molar-refractivity contribution in [3.63, 3.8) is 0 Å². The normalized spacial score (nSPS) is 11.9. The second-order valence-corrected chi connectivity index (χ2v) is 7.76. The number of anilines is 1. The van der Waals surface area contributed by atoms with Crippen LogP contribution in [0.3, 0.4) is 0 Å². The molecule has 0 radical (unpaired) electrons. The van der Waals surface area contributed by atoms with Gasteiger partial charge in [-0.15, -0.1) is 0 Å². The number of esters is 1. The van der Waals surface area contributed by atoms with Gasteiger partial charge in [0.1, 0.15) is 12.4 Å². The molecule has 0 spiro atoms. The lowest BCUT2D eigenvalue weighted by atomic mass is 10.1. The summed E-state index contributed by atoms with van der Waals surface area (Å²) in [5, 5.41) is 4.61. The number of pyridine rings is 1. The van der Waals surface area contributed by atoms with Crippen LogP contribution < -0.4 is 10.6 Å². The van der Waals surface area contributed by atoms with Gasteiger partial charge in [0.15, 0.2) is 11.6 Å². The summed E-state index contributed by atoms with van der Waals surface area (Å²) in [4.78, 5) is 40.8. The molecule has 9 nitrogen and oxygen atoms in total. The van der Waals surface area contributed by atoms with E-state index in [2.05, 4.69) is 20.4 Å². The summed E-state index contributed by atoms with van der Waals surface area (Å²) in [5.74, 6) is -2.84. The summed E-state index contributed by atoms with van der Waals surface area (Å²) in [6, 6.07) is 3.76. The van der Waals surface area contributed by atoms with Crippen LogP contribution in [0.2, 0.25) is 0 Å². The molecule has 0 aliphatic rings. The fourth-order valence-corrected chi connectivity index (χ4v) is 3.07. The fourth-order valence-electron chi connectivity index (χ4n) is 3.07. The smallest absolute Gasteiger partial charge is 0.417 e. The van der Waals surface area contributed by atoms with Gasteiger partial charge in [-0.1, -0.05) is 12.1 Å². The van der Waals surface area contributed by atoms with Crippen molar-refractivity contribution in [1.82, 2.24) is 15.2 Å². The van der Waals surface area contributed by atoms with Crippen LogP contribution >= 0.6 is 0 Å². The highest BCUT2D eigenvalue weighted by Gasteiger charge is 2.30. The van der Waals surface area contributed by atoms with E-state index in [1.807, 2.05) is 0 Å². The molecule has 3 amide bonds. The van der Waals surface area contributed by atoms with Crippen LogP contribution in [0.5, 0.6) is 0 Å². The molecule has 1 atom stereocenters. The summed E-state index contributed by atoms with van der Waals surface area (Å²) in [6.45, 7) is -0.672. The van der Waals surface area contributed by atoms with Crippen molar-refractivity contribution in [2.75, 3.05) is 26.1 Å². The number of alkyl halides is 3. The molecule has 0 aliphatic carbocycles. The largest absolute Gasteiger partial charge is 0.469 e. The number of halogens is 5. The number of methoxy groups -OCH3 is 1. The van der Waals surface area contributed by atoms with E-state index in [0.717, 1.165) is 23.1 Å². The molecule has 37 heavy (non-hydrogen) atoms. The number of urea groups is 1. The highest BCUT2D eigenvalue weighted by molar-refractivity contribution is 5.83. The molecule has 2 rings (SSSR count). The molecular weight excluding hydrogens is 507 g/mol. The number of nitrogens with one attached hydrogen (secondary N) is 2. The van der Waals surface area contributed by atoms with E-state index < -0.39 is 47.5 Å². The van der Waals surface area contributed by atoms with Gasteiger partial charge in [-0.3, -0.25) is 10.1 Å². The van der Waals surface area contributed by atoms with Gasteiger partial charge < -0.3 is 19.7 Å². The minimum absolute atomic E-state index is 0.0264. The van der Waals surface area contributed by atoms with Crippen LogP contribution in [0.4, 0.5) is 37.4 Å². The maximum atomic E-state index is 13.8. The fraction of sp³-hybridized carbons (Fsp3) is 0.391. The van der Waals surface area contributed by atoms with Crippen LogP contribution in [-0.4, -0.2) is 54.8 Å². The summed E-state index contributed by atoms with van der Waals surface area (Å²) in [6.07, 6.45) is -4.60. The number of carbonyl (C=O) groups is 3. The number of amides is 3. The first kappa shape index (κ1) is 29.3. The molecule has 0 saturated heterocycles. The Labute approximate surface area is 208 Å². The van der Waals surface area contributed by atoms with Crippen molar-refractivity contribution in [2.45, 2.75) is 38.0 Å². The minimum Gasteiger partial charge on any atom is -0.469 e. The molecule has 0 unspecified atom stereocenters. The van der Waals surface area contributed by atoms with Gasteiger partial charge in [-0.05, 0) is 31.0 Å². The van der Waals surface area contributed by atoms with Gasteiger partial charge >= 0.3 is 24.3 Å². The number of hydrogen-bond donors (Lipinski definition) is 2. The molecular formula is C23H25F5N4O5. The predicted molar refractivity (Wildman–Crippen MR) is 120 cm³/mol. The maximum Gasteiger partial charge on any atom is 0.417 e. The lowest BCUT2D eigenvalue weighted by molar-refractivity contribution is -0.141. The molecule has 14 heteroatoms. The van der Waals surface area contributed by atoms with Crippen LogP contribution in [0, 0.1) is 11.6 Å². The molecule has 0 saturated carbocycles. The zero-order chi connectivity index (χ0) is 27.6. The summed E-state index contributed by atoms with van der Waals surface area (Å²) < 4.78 is 74.8. The first-order valence-electron chi connectivity index (χ1n) is 10.9. The number of likely N-dealkylation sites (N-methyl/N-ethyl adjacent to an activating group) is 1. The SMILES string of the molecule is COC(=O)CCC[C@@H](COC(=O)Nc1ccc(C(F)(F)F)cn1)N(C)C(=O)NCc1cccc(F)c1F. The lowest BCUT2D eigenvalue weighted by Crippen LogP contribution is -2.46. The van der Waals surface area contributed by atoms with Crippen molar-refractivity contribution >= 4 is 23.9 Å². The van der Waals surface area contributed by atoms with E-state index in [1.54, 1.807) is 0 Å². The third-order valence-electron chi connectivity index (χ3n) is 5.20. The molecule has 1 aromatic carbocycles. The van der Waals surface area contributed by atoms with Gasteiger partial charge in [-0.25, -0.2) is 23.4 Å². The third kappa shape index (κ3) is 9.20. The average molecular weight is 532 g/mol. The Hall–Kier alpha value is -3.97. The number of ether oxygens (including phenoxy) is 2. The third-order valence-corrected chi connectivity index (χ3v) is 5.20. The molecule has 2 aromatic rings. The number of rotatable bonds is 10. The Bertz CT molecular complexity index is 1080. The van der Waals surface area contributed by atoms with E-state index >= 15 is 0 Å². The Balaban J connectivity index is 1.98. The quantitative estimate of drug-likeness (QED) is 0.345. The monoisotopic (exact) mass is 532 g/mol. The predicted octanol–water partition coefficient (Wildman–Crippen LogP) is 4.48. The van der Waals surface area contributed by atoms with Crippen LogP contribution in [-0.2, 0) is 27.0 Å². The van der Waals surface area contributed by atoms with Crippen LogP contribution in [0.15, 0.2) is 36.5 Å². The van der Waals surface area contributed by atoms with Crippen molar-refractivity contribution < 1.29 is 45.8 Å². The summed E-state index contributed by atoms with van der Waals surface area (Å²) in [5.41, 5.74) is -1.08. The van der Waals surface area contributed by atoms with Crippen molar-refractivity contribution in [3.05, 3.63) is 59.3 Å². The van der Waals surface area contributed by atoms with Gasteiger partial charge in [0, 0.05) is 31.8 Å². The first-order chi connectivity index (χ1) is 17.4. The highest BCUT2D eigenvalue weighted by atomic mass is 19.4. The molecule has 0 aliphatic heterocycles. The first-order valence-corrected chi connectivity index (χ1v) is 10.9. The van der Waals surface area contributed by atoms with E-state index in [0.29, 0.717) is 6.20 Å². The number of carbonyl (C=O) groups excluding carboxylic acids is 3. The maximum absolute atomic E-state index is 13.8. The van der Waals surface area contributed by atoms with Crippen molar-refractivity contribution in [1.29, 1.82) is 0 Å². The molecule has 0 bridgehead atoms. The van der Waals surface area contributed by atoms with Gasteiger partial charge in [0.2, 0.25) is 0 Å². The van der Waals surface area contributed by atoms with Crippen molar-refractivity contribution in [3.8, 4) is 0 Å². The van der Waals surface area contributed by atoms with E-state index in [-0.39, 0.29) is 43.8 Å². The molecule has 2 N–H and O–H groups in total. The molecule has 1 aromatic heterocycles. The molecule has 1 heterocycles. The zero-order valence-electron chi connectivity index (χ0n) is 19.9. The van der Waals surface area contributed by atoms with Crippen LogP contribution in [0.25, 0.3) is 0 Å². The van der Waals surface area contributed by atoms with Gasteiger partial charge in [-0.2, -0.15) is 13.2 Å². The highest BCUT2D eigenvalue weighted by Crippen LogP contribution is 2.28. The van der Waals surface area contributed by atoms with E-state index in [4.69, 9.17) is 4.74 Å². The number of hydrogen-bond acceptors (Lipinski definition) is 6.